The Balaban J connectivity index is 0.000000144. The Morgan fingerprint density at radius 3 is 1.37 bits per heavy atom. The highest BCUT2D eigenvalue weighted by Crippen LogP contribution is 2.36. The van der Waals surface area contributed by atoms with Crippen molar-refractivity contribution >= 4 is 57.1 Å². The SMILES string of the molecule is Cc1noc(C)c1-c1ccc(NCC(C)O)c(NC(=O)[C@@H]2CCC(=O)N2)c1.Cc1noc(C)c1-c1ccc2c(c1)nc([C@@H]1CCC(=O)N1)n2CC(C)O.Cc1noc(C)c1-c1ccc2c(c1)nc([C@@H]1CCC(=O)N1)n2CC(C)O. The first-order valence-electron chi connectivity index (χ1n) is 26.6. The van der Waals surface area contributed by atoms with Gasteiger partial charge in [0.15, 0.2) is 0 Å². The van der Waals surface area contributed by atoms with Gasteiger partial charge in [-0.2, -0.15) is 0 Å². The average Bonchev–Trinajstić information content (AvgIpc) is 4.51. The van der Waals surface area contributed by atoms with Gasteiger partial charge < -0.3 is 64.6 Å². The van der Waals surface area contributed by atoms with Crippen molar-refractivity contribution in [1.82, 2.24) is 50.5 Å². The predicted molar refractivity (Wildman–Crippen MR) is 294 cm³/mol. The molecule has 8 N–H and O–H groups in total. The van der Waals surface area contributed by atoms with Crippen LogP contribution in [0.25, 0.3) is 55.4 Å². The van der Waals surface area contributed by atoms with Gasteiger partial charge in [-0.15, -0.1) is 0 Å². The van der Waals surface area contributed by atoms with Crippen LogP contribution in [0, 0.1) is 41.5 Å². The topological polar surface area (TPSA) is 303 Å². The molecule has 0 saturated carbocycles. The molecule has 3 fully saturated rings. The number of aliphatic hydroxyl groups excluding tert-OH is 3. The first-order valence-corrected chi connectivity index (χ1v) is 26.6. The summed E-state index contributed by atoms with van der Waals surface area (Å²) in [5.74, 6) is 3.53. The summed E-state index contributed by atoms with van der Waals surface area (Å²) in [5.41, 5.74) is 12.9. The fourth-order valence-corrected chi connectivity index (χ4v) is 10.6. The van der Waals surface area contributed by atoms with Crippen molar-refractivity contribution in [2.24, 2.45) is 0 Å². The molecule has 8 heterocycles. The number of hydrogen-bond acceptors (Lipinski definition) is 16. The molecule has 0 aliphatic carbocycles. The summed E-state index contributed by atoms with van der Waals surface area (Å²) < 4.78 is 19.8. The number of hydrogen-bond donors (Lipinski definition) is 8. The zero-order chi connectivity index (χ0) is 56.4. The van der Waals surface area contributed by atoms with Crippen molar-refractivity contribution in [2.75, 3.05) is 17.2 Å². The van der Waals surface area contributed by atoms with Gasteiger partial charge in [0.1, 0.15) is 35.0 Å². The van der Waals surface area contributed by atoms with Crippen LogP contribution < -0.4 is 26.6 Å². The Morgan fingerprint density at radius 1 is 0.582 bits per heavy atom. The summed E-state index contributed by atoms with van der Waals surface area (Å²) in [6.45, 7) is 17.7. The van der Waals surface area contributed by atoms with E-state index in [1.54, 1.807) is 20.8 Å². The molecule has 11 rings (SSSR count). The molecule has 3 aromatic carbocycles. The van der Waals surface area contributed by atoms with Crippen molar-refractivity contribution in [1.29, 1.82) is 0 Å². The first-order chi connectivity index (χ1) is 37.7. The van der Waals surface area contributed by atoms with Crippen LogP contribution in [0.2, 0.25) is 0 Å². The van der Waals surface area contributed by atoms with Crippen LogP contribution in [0.3, 0.4) is 0 Å². The van der Waals surface area contributed by atoms with Gasteiger partial charge in [0.05, 0.1) is 94.0 Å². The Bertz CT molecular complexity index is 3340. The minimum atomic E-state index is -0.537. The van der Waals surface area contributed by atoms with Crippen LogP contribution in [0.15, 0.2) is 68.2 Å². The van der Waals surface area contributed by atoms with Gasteiger partial charge in [0.25, 0.3) is 0 Å². The molecule has 3 unspecified atom stereocenters. The van der Waals surface area contributed by atoms with Gasteiger partial charge in [-0.25, -0.2) is 9.97 Å². The number of nitrogens with one attached hydrogen (secondary N) is 5. The molecule has 0 spiro atoms. The summed E-state index contributed by atoms with van der Waals surface area (Å²) in [7, 11) is 0. The van der Waals surface area contributed by atoms with Gasteiger partial charge in [-0.3, -0.25) is 19.2 Å². The Morgan fingerprint density at radius 2 is 1.00 bits per heavy atom. The van der Waals surface area contributed by atoms with Crippen molar-refractivity contribution in [3.8, 4) is 33.4 Å². The van der Waals surface area contributed by atoms with E-state index in [-0.39, 0.29) is 35.7 Å². The second kappa shape index (κ2) is 23.4. The second-order valence-corrected chi connectivity index (χ2v) is 20.8. The minimum Gasteiger partial charge on any atom is -0.392 e. The van der Waals surface area contributed by atoms with Crippen molar-refractivity contribution in [3.05, 3.63) is 101 Å². The Labute approximate surface area is 455 Å². The zero-order valence-electron chi connectivity index (χ0n) is 45.9. The van der Waals surface area contributed by atoms with Crippen LogP contribution in [-0.4, -0.2) is 104 Å². The highest BCUT2D eigenvalue weighted by molar-refractivity contribution is 6.01. The monoisotopic (exact) mass is 1080 g/mol. The number of aromatic nitrogens is 7. The van der Waals surface area contributed by atoms with Gasteiger partial charge in [-0.1, -0.05) is 33.7 Å². The van der Waals surface area contributed by atoms with Crippen LogP contribution in [0.4, 0.5) is 11.4 Å². The smallest absolute Gasteiger partial charge is 0.247 e. The normalized spacial score (nSPS) is 18.1. The van der Waals surface area contributed by atoms with Gasteiger partial charge in [0.2, 0.25) is 23.6 Å². The molecule has 416 valence electrons. The second-order valence-electron chi connectivity index (χ2n) is 20.8. The molecule has 3 aliphatic rings. The maximum absolute atomic E-state index is 12.5. The molecule has 4 amide bonds. The average molecular weight is 1080 g/mol. The number of rotatable bonds is 14. The molecule has 3 aliphatic heterocycles. The quantitative estimate of drug-likeness (QED) is 0.0532. The molecular weight excluding hydrogens is 1010 g/mol. The van der Waals surface area contributed by atoms with Crippen LogP contribution >= 0.6 is 0 Å². The summed E-state index contributed by atoms with van der Waals surface area (Å²) in [6, 6.07) is 16.9. The number of imidazole rings is 2. The van der Waals surface area contributed by atoms with E-state index in [4.69, 9.17) is 23.5 Å². The van der Waals surface area contributed by atoms with Crippen LogP contribution in [0.1, 0.15) is 117 Å². The molecule has 22 heteroatoms. The summed E-state index contributed by atoms with van der Waals surface area (Å²) in [5, 5.41) is 56.1. The first kappa shape index (κ1) is 55.5. The van der Waals surface area contributed by atoms with E-state index in [1.807, 2.05) is 105 Å². The summed E-state index contributed by atoms with van der Waals surface area (Å²) >= 11 is 0. The third kappa shape index (κ3) is 12.3. The highest BCUT2D eigenvalue weighted by Gasteiger charge is 2.31. The number of nitrogens with zero attached hydrogens (tertiary/aromatic N) is 7. The number of carbonyl (C=O) groups is 4. The van der Waals surface area contributed by atoms with E-state index in [2.05, 4.69) is 42.1 Å². The van der Waals surface area contributed by atoms with E-state index in [0.29, 0.717) is 62.5 Å². The maximum Gasteiger partial charge on any atom is 0.247 e. The van der Waals surface area contributed by atoms with Crippen molar-refractivity contribution in [2.45, 2.75) is 150 Å². The number of aliphatic hydroxyl groups is 3. The van der Waals surface area contributed by atoms with E-state index < -0.39 is 24.4 Å². The molecule has 5 aromatic heterocycles. The lowest BCUT2D eigenvalue weighted by atomic mass is 10.0. The van der Waals surface area contributed by atoms with E-state index >= 15 is 0 Å². The van der Waals surface area contributed by atoms with Crippen LogP contribution in [-0.2, 0) is 32.3 Å². The third-order valence-corrected chi connectivity index (χ3v) is 14.2. The molecule has 3 saturated heterocycles. The van der Waals surface area contributed by atoms with Crippen LogP contribution in [0.5, 0.6) is 0 Å². The molecular formula is C57H68N12O10. The number of benzene rings is 3. The Hall–Kier alpha value is -8.21. The number of amides is 4. The van der Waals surface area contributed by atoms with Gasteiger partial charge >= 0.3 is 0 Å². The van der Waals surface area contributed by atoms with E-state index in [1.165, 1.54) is 0 Å². The molecule has 79 heavy (non-hydrogen) atoms. The highest BCUT2D eigenvalue weighted by atomic mass is 16.5. The molecule has 6 atom stereocenters. The summed E-state index contributed by atoms with van der Waals surface area (Å²) in [6.07, 6.45) is 1.73. The number of anilines is 2. The van der Waals surface area contributed by atoms with Crippen molar-refractivity contribution < 1.29 is 48.1 Å². The van der Waals surface area contributed by atoms with Crippen molar-refractivity contribution in [3.63, 3.8) is 0 Å². The largest absolute Gasteiger partial charge is 0.392 e. The third-order valence-electron chi connectivity index (χ3n) is 14.2. The van der Waals surface area contributed by atoms with Gasteiger partial charge in [-0.05, 0) is 135 Å². The van der Waals surface area contributed by atoms with E-state index in [0.717, 1.165) is 109 Å². The minimum absolute atomic E-state index is 0.0436. The molecule has 22 nitrogen and oxygen atoms in total. The number of fused-ring (bicyclic) bond motifs is 2. The lowest BCUT2D eigenvalue weighted by Crippen LogP contribution is -2.37. The van der Waals surface area contributed by atoms with Gasteiger partial charge in [0, 0.05) is 42.5 Å². The molecule has 8 aromatic rings. The number of carbonyl (C=O) groups excluding carboxylic acids is 4. The predicted octanol–water partition coefficient (Wildman–Crippen LogP) is 7.25. The zero-order valence-corrected chi connectivity index (χ0v) is 45.9. The van der Waals surface area contributed by atoms with E-state index in [9.17, 15) is 34.5 Å². The molecule has 0 bridgehead atoms. The standard InChI is InChI=1S/C19H24N4O4.2C19H22N4O3/c1-10(24)9-20-14-5-4-13(18-11(2)23-27-12(18)3)8-16(14)22-19(26)15-6-7-17(25)21-15;2*1-10(24)9-23-16-6-4-13(18-11(2)22-26-12(18)3)8-15(16)21-19(23)14-5-7-17(25)20-14/h4-5,8,10,15,20,24H,6-7,9H2,1-3H3,(H,21,25)(H,22,26);2*4,6,8,10,14,24H,5,7,9H2,1-3H3,(H,20,25)/t10?,15-;2*10?,14-/m000/s1. The number of aryl methyl sites for hydroxylation is 6. The Kier molecular flexibility index (Phi) is 16.5. The fourth-order valence-electron chi connectivity index (χ4n) is 10.6. The fraction of sp³-hybridized carbons (Fsp3) is 0.421. The molecule has 0 radical (unpaired) electrons. The lowest BCUT2D eigenvalue weighted by Gasteiger charge is -2.17. The lowest BCUT2D eigenvalue weighted by molar-refractivity contribution is -0.122. The summed E-state index contributed by atoms with van der Waals surface area (Å²) in [4.78, 5) is 56.8. The maximum atomic E-state index is 12.5.